The highest BCUT2D eigenvalue weighted by molar-refractivity contribution is 5.69. The van der Waals surface area contributed by atoms with Crippen molar-refractivity contribution < 1.29 is 19.0 Å². The first-order valence-electron chi connectivity index (χ1n) is 12.0. The number of rotatable bonds is 11. The minimum absolute atomic E-state index is 0.0370. The second-order valence-corrected chi connectivity index (χ2v) is 8.51. The lowest BCUT2D eigenvalue weighted by molar-refractivity contribution is 0.282. The van der Waals surface area contributed by atoms with Gasteiger partial charge in [-0.3, -0.25) is 4.98 Å². The molecule has 4 rings (SSSR count). The van der Waals surface area contributed by atoms with Crippen molar-refractivity contribution in [1.82, 2.24) is 10.3 Å². The first kappa shape index (κ1) is 25.8. The summed E-state index contributed by atoms with van der Waals surface area (Å²) in [5, 5.41) is 21.4. The molecule has 0 radical (unpaired) electrons. The number of hydrogen-bond acceptors (Lipinski definition) is 6. The fourth-order valence-electron chi connectivity index (χ4n) is 3.97. The van der Waals surface area contributed by atoms with Gasteiger partial charge >= 0.3 is 0 Å². The zero-order chi connectivity index (χ0) is 26.0. The molecule has 0 aliphatic carbocycles. The molecule has 0 saturated heterocycles. The second kappa shape index (κ2) is 12.6. The summed E-state index contributed by atoms with van der Waals surface area (Å²) in [6, 6.07) is 22.0. The smallest absolute Gasteiger partial charge is 0.131 e. The van der Waals surface area contributed by atoms with Gasteiger partial charge in [0.25, 0.3) is 0 Å². The lowest BCUT2D eigenvalue weighted by Crippen LogP contribution is -2.18. The fourth-order valence-corrected chi connectivity index (χ4v) is 3.97. The molecule has 7 heteroatoms. The van der Waals surface area contributed by atoms with Crippen molar-refractivity contribution in [3.8, 4) is 28.7 Å². The topological polar surface area (TPSA) is 87.4 Å². The Labute approximate surface area is 216 Å². The summed E-state index contributed by atoms with van der Waals surface area (Å²) in [5.41, 5.74) is 5.46. The summed E-state index contributed by atoms with van der Waals surface area (Å²) in [7, 11) is 0. The van der Waals surface area contributed by atoms with E-state index in [4.69, 9.17) is 19.8 Å². The van der Waals surface area contributed by atoms with Gasteiger partial charge in [0, 0.05) is 48.2 Å². The van der Waals surface area contributed by atoms with Crippen LogP contribution < -0.4 is 14.8 Å². The van der Waals surface area contributed by atoms with Crippen LogP contribution in [0.5, 0.6) is 11.5 Å². The van der Waals surface area contributed by atoms with Crippen molar-refractivity contribution in [2.45, 2.75) is 26.7 Å². The van der Waals surface area contributed by atoms with Crippen LogP contribution in [-0.2, 0) is 19.8 Å². The molecule has 37 heavy (non-hydrogen) atoms. The third-order valence-corrected chi connectivity index (χ3v) is 5.97. The van der Waals surface area contributed by atoms with Gasteiger partial charge in [-0.05, 0) is 41.8 Å². The van der Waals surface area contributed by atoms with Crippen LogP contribution in [-0.4, -0.2) is 23.2 Å². The summed E-state index contributed by atoms with van der Waals surface area (Å²) in [6.45, 7) is 3.52. The van der Waals surface area contributed by atoms with E-state index in [2.05, 4.69) is 16.4 Å². The largest absolute Gasteiger partial charge is 0.489 e. The average molecular weight is 498 g/mol. The first-order valence-corrected chi connectivity index (χ1v) is 12.0. The van der Waals surface area contributed by atoms with Crippen LogP contribution in [0.1, 0.15) is 27.8 Å². The van der Waals surface area contributed by atoms with Crippen molar-refractivity contribution in [2.75, 3.05) is 13.2 Å². The summed E-state index contributed by atoms with van der Waals surface area (Å²) in [6.07, 6.45) is 3.17. The van der Waals surface area contributed by atoms with Gasteiger partial charge < -0.3 is 19.9 Å². The average Bonchev–Trinajstić information content (AvgIpc) is 2.93. The number of nitrogens with one attached hydrogen (secondary N) is 1. The summed E-state index contributed by atoms with van der Waals surface area (Å²) < 4.78 is 26.6. The van der Waals surface area contributed by atoms with Crippen molar-refractivity contribution in [2.24, 2.45) is 0 Å². The summed E-state index contributed by atoms with van der Waals surface area (Å²) in [4.78, 5) is 4.08. The van der Waals surface area contributed by atoms with Gasteiger partial charge in [-0.15, -0.1) is 0 Å². The molecule has 0 amide bonds. The van der Waals surface area contributed by atoms with Crippen LogP contribution in [0.4, 0.5) is 4.39 Å². The maximum Gasteiger partial charge on any atom is 0.131 e. The Balaban J connectivity index is 1.52. The van der Waals surface area contributed by atoms with E-state index < -0.39 is 0 Å². The number of ether oxygens (including phenoxy) is 2. The van der Waals surface area contributed by atoms with E-state index in [1.165, 1.54) is 12.3 Å². The van der Waals surface area contributed by atoms with Crippen LogP contribution in [0.25, 0.3) is 11.1 Å². The Kier molecular flexibility index (Phi) is 8.82. The van der Waals surface area contributed by atoms with Gasteiger partial charge in [-0.25, -0.2) is 4.39 Å². The van der Waals surface area contributed by atoms with E-state index >= 15 is 0 Å². The normalized spacial score (nSPS) is 10.6. The highest BCUT2D eigenvalue weighted by atomic mass is 19.1. The van der Waals surface area contributed by atoms with E-state index in [1.807, 2.05) is 49.4 Å². The zero-order valence-electron chi connectivity index (χ0n) is 20.6. The van der Waals surface area contributed by atoms with Crippen molar-refractivity contribution >= 4 is 0 Å². The molecule has 2 N–H and O–H groups in total. The first-order chi connectivity index (χ1) is 18.1. The second-order valence-electron chi connectivity index (χ2n) is 8.51. The Hall–Kier alpha value is -4.25. The van der Waals surface area contributed by atoms with Crippen molar-refractivity contribution in [3.63, 3.8) is 0 Å². The molecule has 188 valence electrons. The number of pyridine rings is 1. The molecule has 0 saturated carbocycles. The number of nitrogens with zero attached hydrogens (tertiary/aromatic N) is 2. The van der Waals surface area contributed by atoms with Gasteiger partial charge in [-0.2, -0.15) is 5.26 Å². The Morgan fingerprint density at radius 3 is 2.59 bits per heavy atom. The molecule has 1 aromatic heterocycles. The van der Waals surface area contributed by atoms with E-state index in [9.17, 15) is 4.39 Å². The summed E-state index contributed by atoms with van der Waals surface area (Å²) >= 11 is 0. The molecule has 0 bridgehead atoms. The fraction of sp³-hybridized carbons (Fsp3) is 0.200. The van der Waals surface area contributed by atoms with Crippen LogP contribution >= 0.6 is 0 Å². The molecule has 0 unspecified atom stereocenters. The molecule has 0 aliphatic rings. The standard InChI is InChI=1S/C30H28FN3O3/c1-21-25(5-4-7-27(21)28-6-2-3-8-29(28)31)20-36-26-10-9-24(18-33-11-12-35)30(14-26)37-19-23-13-22(15-32)16-34-17-23/h2-10,13-14,16-17,33,35H,11-12,18-20H2,1H3. The molecular weight excluding hydrogens is 469 g/mol. The third-order valence-electron chi connectivity index (χ3n) is 5.97. The molecule has 1 heterocycles. The molecule has 4 aromatic rings. The maximum atomic E-state index is 14.4. The van der Waals surface area contributed by atoms with Gasteiger partial charge in [0.2, 0.25) is 0 Å². The number of aromatic nitrogens is 1. The molecular formula is C30H28FN3O3. The van der Waals surface area contributed by atoms with Crippen molar-refractivity contribution in [3.05, 3.63) is 113 Å². The number of halogens is 1. The van der Waals surface area contributed by atoms with Gasteiger partial charge in [-0.1, -0.05) is 42.5 Å². The quantitative estimate of drug-likeness (QED) is 0.273. The Morgan fingerprint density at radius 2 is 1.78 bits per heavy atom. The Morgan fingerprint density at radius 1 is 0.946 bits per heavy atom. The summed E-state index contributed by atoms with van der Waals surface area (Å²) in [5.74, 6) is 0.994. The van der Waals surface area contributed by atoms with Gasteiger partial charge in [0.05, 0.1) is 12.2 Å². The minimum Gasteiger partial charge on any atom is -0.489 e. The van der Waals surface area contributed by atoms with E-state index in [1.54, 1.807) is 24.4 Å². The zero-order valence-corrected chi connectivity index (χ0v) is 20.6. The maximum absolute atomic E-state index is 14.4. The lowest BCUT2D eigenvalue weighted by atomic mass is 9.96. The lowest BCUT2D eigenvalue weighted by Gasteiger charge is -2.16. The number of aliphatic hydroxyl groups excluding tert-OH is 1. The van der Waals surface area contributed by atoms with Crippen LogP contribution in [0, 0.1) is 24.1 Å². The predicted octanol–water partition coefficient (Wildman–Crippen LogP) is 5.31. The predicted molar refractivity (Wildman–Crippen MR) is 139 cm³/mol. The molecule has 3 aromatic carbocycles. The number of nitriles is 1. The number of aliphatic hydroxyl groups is 1. The highest BCUT2D eigenvalue weighted by Gasteiger charge is 2.12. The monoisotopic (exact) mass is 497 g/mol. The number of hydrogen-bond donors (Lipinski definition) is 2. The minimum atomic E-state index is -0.258. The Bertz CT molecular complexity index is 1400. The molecule has 0 spiro atoms. The van der Waals surface area contributed by atoms with E-state index in [0.29, 0.717) is 42.3 Å². The third kappa shape index (κ3) is 6.70. The van der Waals surface area contributed by atoms with Crippen LogP contribution in [0.15, 0.2) is 79.1 Å². The van der Waals surface area contributed by atoms with Crippen LogP contribution in [0.2, 0.25) is 0 Å². The molecule has 0 fully saturated rings. The van der Waals surface area contributed by atoms with Crippen LogP contribution in [0.3, 0.4) is 0 Å². The highest BCUT2D eigenvalue weighted by Crippen LogP contribution is 2.30. The van der Waals surface area contributed by atoms with E-state index in [-0.39, 0.29) is 19.0 Å². The van der Waals surface area contributed by atoms with Gasteiger partial charge in [0.1, 0.15) is 36.6 Å². The van der Waals surface area contributed by atoms with Gasteiger partial charge in [0.15, 0.2) is 0 Å². The van der Waals surface area contributed by atoms with E-state index in [0.717, 1.165) is 27.8 Å². The molecule has 0 atom stereocenters. The van der Waals surface area contributed by atoms with Crippen molar-refractivity contribution in [1.29, 1.82) is 5.26 Å². The number of benzene rings is 3. The molecule has 0 aliphatic heterocycles. The SMILES string of the molecule is Cc1c(COc2ccc(CNCCO)c(OCc3cncc(C#N)c3)c2)cccc1-c1ccccc1F. The molecule has 6 nitrogen and oxygen atoms in total.